The number of aliphatic carboxylic acids is 1. The summed E-state index contributed by atoms with van der Waals surface area (Å²) in [6.07, 6.45) is 5.73. The molecule has 2 amide bonds. The van der Waals surface area contributed by atoms with Gasteiger partial charge in [0.1, 0.15) is 0 Å². The molecule has 1 saturated heterocycles. The van der Waals surface area contributed by atoms with Gasteiger partial charge in [-0.15, -0.1) is 0 Å². The first-order valence-corrected chi connectivity index (χ1v) is 7.74. The van der Waals surface area contributed by atoms with Crippen molar-refractivity contribution in [1.82, 2.24) is 10.2 Å². The highest BCUT2D eigenvalue weighted by molar-refractivity contribution is 5.76. The fraction of sp³-hybridized carbons (Fsp3) is 0.867. The summed E-state index contributed by atoms with van der Waals surface area (Å²) < 4.78 is 0. The lowest BCUT2D eigenvalue weighted by Gasteiger charge is -2.25. The summed E-state index contributed by atoms with van der Waals surface area (Å²) in [4.78, 5) is 24.9. The number of carboxylic acids is 1. The summed E-state index contributed by atoms with van der Waals surface area (Å²) in [7, 11) is 0. The molecule has 0 aliphatic carbocycles. The van der Waals surface area contributed by atoms with E-state index in [1.165, 1.54) is 19.3 Å². The van der Waals surface area contributed by atoms with Gasteiger partial charge < -0.3 is 15.3 Å². The maximum Gasteiger partial charge on any atom is 0.317 e. The Labute approximate surface area is 121 Å². The zero-order valence-corrected chi connectivity index (χ0v) is 12.9. The van der Waals surface area contributed by atoms with Gasteiger partial charge in [0, 0.05) is 19.1 Å². The number of amides is 2. The van der Waals surface area contributed by atoms with E-state index in [1.807, 2.05) is 4.90 Å². The molecule has 5 heteroatoms. The molecule has 5 nitrogen and oxygen atoms in total. The fourth-order valence-corrected chi connectivity index (χ4v) is 2.69. The van der Waals surface area contributed by atoms with Crippen molar-refractivity contribution in [3.8, 4) is 0 Å². The molecule has 1 aliphatic rings. The van der Waals surface area contributed by atoms with E-state index in [-0.39, 0.29) is 12.1 Å². The second-order valence-electron chi connectivity index (χ2n) is 5.94. The van der Waals surface area contributed by atoms with Gasteiger partial charge in [-0.05, 0) is 39.0 Å². The highest BCUT2D eigenvalue weighted by Crippen LogP contribution is 2.22. The molecule has 1 heterocycles. The first-order chi connectivity index (χ1) is 9.45. The number of rotatable bonds is 5. The molecule has 3 atom stereocenters. The summed E-state index contributed by atoms with van der Waals surface area (Å²) >= 11 is 0. The minimum atomic E-state index is -0.878. The molecule has 116 valence electrons. The first kappa shape index (κ1) is 16.8. The van der Waals surface area contributed by atoms with Gasteiger partial charge in [-0.3, -0.25) is 4.79 Å². The Hall–Kier alpha value is -1.26. The van der Waals surface area contributed by atoms with Crippen LogP contribution in [0.2, 0.25) is 0 Å². The third-order valence-electron chi connectivity index (χ3n) is 4.32. The predicted octanol–water partition coefficient (Wildman–Crippen LogP) is 2.71. The summed E-state index contributed by atoms with van der Waals surface area (Å²) in [5.41, 5.74) is 0. The highest BCUT2D eigenvalue weighted by atomic mass is 16.4. The molecule has 20 heavy (non-hydrogen) atoms. The fourth-order valence-electron chi connectivity index (χ4n) is 2.69. The van der Waals surface area contributed by atoms with Gasteiger partial charge >= 0.3 is 12.0 Å². The van der Waals surface area contributed by atoms with E-state index in [0.717, 1.165) is 31.8 Å². The Morgan fingerprint density at radius 2 is 2.00 bits per heavy atom. The van der Waals surface area contributed by atoms with E-state index in [0.29, 0.717) is 0 Å². The molecule has 0 spiro atoms. The zero-order chi connectivity index (χ0) is 15.1. The molecule has 0 aromatic rings. The molecular weight excluding hydrogens is 256 g/mol. The van der Waals surface area contributed by atoms with Crippen molar-refractivity contribution in [2.75, 3.05) is 13.1 Å². The molecule has 0 bridgehead atoms. The largest absolute Gasteiger partial charge is 0.481 e. The summed E-state index contributed by atoms with van der Waals surface area (Å²) in [6.45, 7) is 7.12. The van der Waals surface area contributed by atoms with E-state index < -0.39 is 11.9 Å². The van der Waals surface area contributed by atoms with Crippen LogP contribution in [0.25, 0.3) is 0 Å². The lowest BCUT2D eigenvalue weighted by atomic mass is 9.96. The quantitative estimate of drug-likeness (QED) is 0.815. The van der Waals surface area contributed by atoms with Crippen LogP contribution in [0.3, 0.4) is 0 Å². The van der Waals surface area contributed by atoms with Gasteiger partial charge in [0.2, 0.25) is 0 Å². The van der Waals surface area contributed by atoms with Crippen molar-refractivity contribution in [2.45, 2.75) is 58.9 Å². The molecule has 3 unspecified atom stereocenters. The molecule has 2 N–H and O–H groups in total. The zero-order valence-electron chi connectivity index (χ0n) is 12.9. The lowest BCUT2D eigenvalue weighted by Crippen LogP contribution is -2.47. The molecule has 1 rings (SSSR count). The number of carboxylic acid groups (broad SMARTS) is 1. The van der Waals surface area contributed by atoms with Crippen molar-refractivity contribution in [3.05, 3.63) is 0 Å². The van der Waals surface area contributed by atoms with Crippen LogP contribution in [0.4, 0.5) is 4.79 Å². The van der Waals surface area contributed by atoms with Crippen molar-refractivity contribution < 1.29 is 14.7 Å². The number of hydrogen-bond donors (Lipinski definition) is 2. The van der Waals surface area contributed by atoms with Crippen LogP contribution < -0.4 is 5.32 Å². The molecule has 0 aromatic carbocycles. The standard InChI is InChI=1S/C15H28N2O3/c1-4-6-13-7-5-9-17(10-8-13)15(20)16-12(3)11(2)14(18)19/h11-13H,4-10H2,1-3H3,(H,16,20)(H,18,19). The van der Waals surface area contributed by atoms with E-state index >= 15 is 0 Å². The molecule has 0 aromatic heterocycles. The van der Waals surface area contributed by atoms with E-state index in [4.69, 9.17) is 5.11 Å². The second kappa shape index (κ2) is 8.12. The molecular formula is C15H28N2O3. The lowest BCUT2D eigenvalue weighted by molar-refractivity contribution is -0.141. The number of nitrogens with one attached hydrogen (secondary N) is 1. The average Bonchev–Trinajstić information content (AvgIpc) is 2.63. The maximum absolute atomic E-state index is 12.2. The Morgan fingerprint density at radius 3 is 2.60 bits per heavy atom. The van der Waals surface area contributed by atoms with Gasteiger partial charge in [0.25, 0.3) is 0 Å². The Balaban J connectivity index is 2.45. The highest BCUT2D eigenvalue weighted by Gasteiger charge is 2.25. The third-order valence-corrected chi connectivity index (χ3v) is 4.32. The van der Waals surface area contributed by atoms with Crippen LogP contribution in [0.1, 0.15) is 52.9 Å². The summed E-state index contributed by atoms with van der Waals surface area (Å²) in [5.74, 6) is -0.719. The molecule has 0 saturated carbocycles. The van der Waals surface area contributed by atoms with Crippen molar-refractivity contribution in [1.29, 1.82) is 0 Å². The van der Waals surface area contributed by atoms with Crippen molar-refractivity contribution in [2.24, 2.45) is 11.8 Å². The van der Waals surface area contributed by atoms with Crippen molar-refractivity contribution >= 4 is 12.0 Å². The normalized spacial score (nSPS) is 22.8. The molecule has 1 aliphatic heterocycles. The maximum atomic E-state index is 12.2. The Kier molecular flexibility index (Phi) is 6.82. The van der Waals surface area contributed by atoms with Crippen LogP contribution in [0.5, 0.6) is 0 Å². The second-order valence-corrected chi connectivity index (χ2v) is 5.94. The van der Waals surface area contributed by atoms with Crippen LogP contribution in [0.15, 0.2) is 0 Å². The van der Waals surface area contributed by atoms with Gasteiger partial charge in [-0.1, -0.05) is 19.8 Å². The Bertz CT molecular complexity index is 333. The topological polar surface area (TPSA) is 69.6 Å². The minimum absolute atomic E-state index is 0.122. The monoisotopic (exact) mass is 284 g/mol. The summed E-state index contributed by atoms with van der Waals surface area (Å²) in [5, 5.41) is 11.8. The van der Waals surface area contributed by atoms with Crippen molar-refractivity contribution in [3.63, 3.8) is 0 Å². The van der Waals surface area contributed by atoms with Gasteiger partial charge in [-0.25, -0.2) is 4.79 Å². The molecule has 0 radical (unpaired) electrons. The first-order valence-electron chi connectivity index (χ1n) is 7.74. The van der Waals surface area contributed by atoms with Gasteiger partial charge in [0.15, 0.2) is 0 Å². The number of urea groups is 1. The van der Waals surface area contributed by atoms with Crippen LogP contribution in [0, 0.1) is 11.8 Å². The SMILES string of the molecule is CCCC1CCCN(C(=O)NC(C)C(C)C(=O)O)CC1. The molecule has 1 fully saturated rings. The number of carbonyl (C=O) groups is 2. The third kappa shape index (κ3) is 5.02. The van der Waals surface area contributed by atoms with E-state index in [1.54, 1.807) is 13.8 Å². The number of hydrogen-bond acceptors (Lipinski definition) is 2. The van der Waals surface area contributed by atoms with Crippen LogP contribution in [-0.4, -0.2) is 41.1 Å². The number of nitrogens with zero attached hydrogens (tertiary/aromatic N) is 1. The number of likely N-dealkylation sites (tertiary alicyclic amines) is 1. The smallest absolute Gasteiger partial charge is 0.317 e. The Morgan fingerprint density at radius 1 is 1.30 bits per heavy atom. The van der Waals surface area contributed by atoms with Crippen LogP contribution >= 0.6 is 0 Å². The van der Waals surface area contributed by atoms with Gasteiger partial charge in [-0.2, -0.15) is 0 Å². The van der Waals surface area contributed by atoms with Crippen LogP contribution in [-0.2, 0) is 4.79 Å². The predicted molar refractivity (Wildman–Crippen MR) is 78.6 cm³/mol. The minimum Gasteiger partial charge on any atom is -0.481 e. The average molecular weight is 284 g/mol. The van der Waals surface area contributed by atoms with Gasteiger partial charge in [0.05, 0.1) is 5.92 Å². The number of carbonyl (C=O) groups excluding carboxylic acids is 1. The van der Waals surface area contributed by atoms with E-state index in [9.17, 15) is 9.59 Å². The summed E-state index contributed by atoms with van der Waals surface area (Å²) in [6, 6.07) is -0.475. The van der Waals surface area contributed by atoms with E-state index in [2.05, 4.69) is 12.2 Å².